The fraction of sp³-hybridized carbons (Fsp3) is 0.438. The molecule has 1 aromatic rings. The fourth-order valence-electron chi connectivity index (χ4n) is 2.75. The van der Waals surface area contributed by atoms with Gasteiger partial charge < -0.3 is 0 Å². The van der Waals surface area contributed by atoms with E-state index >= 15 is 0 Å². The van der Waals surface area contributed by atoms with Crippen molar-refractivity contribution in [1.29, 1.82) is 0 Å². The number of hydrogen-bond acceptors (Lipinski definition) is 1. The van der Waals surface area contributed by atoms with Crippen molar-refractivity contribution >= 4 is 18.0 Å². The van der Waals surface area contributed by atoms with Crippen molar-refractivity contribution in [2.24, 2.45) is 4.99 Å². The van der Waals surface area contributed by atoms with E-state index in [4.69, 9.17) is 0 Å². The SMILES string of the molecule is C=Nc1cc(CC)c(C)cc1C1=C(C)CCC1. The molecule has 0 fully saturated rings. The lowest BCUT2D eigenvalue weighted by Crippen LogP contribution is -1.92. The molecule has 0 aromatic heterocycles. The summed E-state index contributed by atoms with van der Waals surface area (Å²) < 4.78 is 0. The van der Waals surface area contributed by atoms with Crippen LogP contribution in [0, 0.1) is 6.92 Å². The van der Waals surface area contributed by atoms with Gasteiger partial charge in [0.15, 0.2) is 0 Å². The molecular formula is C16H21N. The molecule has 1 aromatic carbocycles. The van der Waals surface area contributed by atoms with E-state index in [1.54, 1.807) is 0 Å². The highest BCUT2D eigenvalue weighted by atomic mass is 14.7. The largest absolute Gasteiger partial charge is 0.264 e. The van der Waals surface area contributed by atoms with Crippen LogP contribution in [-0.4, -0.2) is 6.72 Å². The number of nitrogens with zero attached hydrogens (tertiary/aromatic N) is 1. The Labute approximate surface area is 104 Å². The predicted molar refractivity (Wildman–Crippen MR) is 76.2 cm³/mol. The van der Waals surface area contributed by atoms with Crippen LogP contribution in [0.4, 0.5) is 5.69 Å². The summed E-state index contributed by atoms with van der Waals surface area (Å²) in [6.45, 7) is 10.4. The highest BCUT2D eigenvalue weighted by molar-refractivity contribution is 5.79. The van der Waals surface area contributed by atoms with Crippen LogP contribution in [-0.2, 0) is 6.42 Å². The molecule has 0 unspecified atom stereocenters. The summed E-state index contributed by atoms with van der Waals surface area (Å²) in [4.78, 5) is 4.22. The molecule has 0 radical (unpaired) electrons. The summed E-state index contributed by atoms with van der Waals surface area (Å²) in [5, 5.41) is 0. The molecule has 90 valence electrons. The van der Waals surface area contributed by atoms with Crippen LogP contribution >= 0.6 is 0 Å². The highest BCUT2D eigenvalue weighted by Crippen LogP contribution is 2.39. The summed E-state index contributed by atoms with van der Waals surface area (Å²) in [7, 11) is 0. The molecule has 0 bridgehead atoms. The van der Waals surface area contributed by atoms with E-state index in [2.05, 4.69) is 44.6 Å². The average Bonchev–Trinajstić information content (AvgIpc) is 2.75. The van der Waals surface area contributed by atoms with Crippen molar-refractivity contribution in [3.63, 3.8) is 0 Å². The minimum atomic E-state index is 1.06. The van der Waals surface area contributed by atoms with Crippen molar-refractivity contribution in [3.05, 3.63) is 34.4 Å². The van der Waals surface area contributed by atoms with Crippen molar-refractivity contribution in [3.8, 4) is 0 Å². The van der Waals surface area contributed by atoms with Gasteiger partial charge in [-0.1, -0.05) is 12.5 Å². The first-order valence-electron chi connectivity index (χ1n) is 6.46. The van der Waals surface area contributed by atoms with Gasteiger partial charge in [-0.05, 0) is 75.1 Å². The van der Waals surface area contributed by atoms with Gasteiger partial charge in [-0.15, -0.1) is 0 Å². The van der Waals surface area contributed by atoms with Gasteiger partial charge in [0.1, 0.15) is 0 Å². The van der Waals surface area contributed by atoms with E-state index in [1.165, 1.54) is 47.1 Å². The number of rotatable bonds is 3. The Hall–Kier alpha value is -1.37. The van der Waals surface area contributed by atoms with Gasteiger partial charge >= 0.3 is 0 Å². The van der Waals surface area contributed by atoms with Crippen LogP contribution in [0.25, 0.3) is 5.57 Å². The van der Waals surface area contributed by atoms with E-state index in [-0.39, 0.29) is 0 Å². The third-order valence-electron chi connectivity index (χ3n) is 3.82. The fourth-order valence-corrected chi connectivity index (χ4v) is 2.75. The molecule has 0 aliphatic heterocycles. The lowest BCUT2D eigenvalue weighted by atomic mass is 9.95. The number of hydrogen-bond donors (Lipinski definition) is 0. The first kappa shape index (κ1) is 12.1. The third-order valence-corrected chi connectivity index (χ3v) is 3.82. The highest BCUT2D eigenvalue weighted by Gasteiger charge is 2.16. The Balaban J connectivity index is 2.57. The first-order chi connectivity index (χ1) is 8.17. The molecule has 0 atom stereocenters. The molecule has 1 aliphatic carbocycles. The monoisotopic (exact) mass is 227 g/mol. The van der Waals surface area contributed by atoms with Crippen molar-refractivity contribution in [1.82, 2.24) is 0 Å². The molecule has 1 heteroatoms. The van der Waals surface area contributed by atoms with E-state index in [9.17, 15) is 0 Å². The second kappa shape index (κ2) is 4.87. The standard InChI is InChI=1S/C16H21N/c1-5-13-10-16(17-4)15(9-12(13)3)14-8-6-7-11(14)2/h9-10H,4-8H2,1-3H3. The van der Waals surface area contributed by atoms with E-state index in [0.29, 0.717) is 0 Å². The van der Waals surface area contributed by atoms with Crippen LogP contribution in [0.3, 0.4) is 0 Å². The van der Waals surface area contributed by atoms with Crippen LogP contribution in [0.15, 0.2) is 22.7 Å². The van der Waals surface area contributed by atoms with Crippen LogP contribution < -0.4 is 0 Å². The van der Waals surface area contributed by atoms with Crippen molar-refractivity contribution < 1.29 is 0 Å². The van der Waals surface area contributed by atoms with E-state index in [1.807, 2.05) is 0 Å². The zero-order valence-corrected chi connectivity index (χ0v) is 11.1. The van der Waals surface area contributed by atoms with Gasteiger partial charge in [-0.3, -0.25) is 4.99 Å². The Morgan fingerprint density at radius 1 is 1.24 bits per heavy atom. The minimum absolute atomic E-state index is 1.06. The molecule has 1 aliphatic rings. The molecule has 0 saturated heterocycles. The quantitative estimate of drug-likeness (QED) is 0.655. The Kier molecular flexibility index (Phi) is 3.46. The Morgan fingerprint density at radius 3 is 2.53 bits per heavy atom. The molecule has 0 saturated carbocycles. The first-order valence-corrected chi connectivity index (χ1v) is 6.46. The predicted octanol–water partition coefficient (Wildman–Crippen LogP) is 4.85. The van der Waals surface area contributed by atoms with Crippen LogP contribution in [0.1, 0.15) is 49.8 Å². The van der Waals surface area contributed by atoms with Crippen LogP contribution in [0.5, 0.6) is 0 Å². The second-order valence-corrected chi connectivity index (χ2v) is 4.92. The topological polar surface area (TPSA) is 12.4 Å². The Morgan fingerprint density at radius 2 is 2.00 bits per heavy atom. The molecule has 2 rings (SSSR count). The molecule has 0 N–H and O–H groups in total. The maximum absolute atomic E-state index is 4.22. The van der Waals surface area contributed by atoms with Crippen LogP contribution in [0.2, 0.25) is 0 Å². The van der Waals surface area contributed by atoms with E-state index < -0.39 is 0 Å². The number of benzene rings is 1. The Bertz CT molecular complexity index is 481. The summed E-state index contributed by atoms with van der Waals surface area (Å²) in [6, 6.07) is 4.50. The summed E-state index contributed by atoms with van der Waals surface area (Å²) in [5.74, 6) is 0. The molecule has 0 heterocycles. The summed E-state index contributed by atoms with van der Waals surface area (Å²) in [5.41, 5.74) is 8.15. The summed E-state index contributed by atoms with van der Waals surface area (Å²) >= 11 is 0. The molecular weight excluding hydrogens is 206 g/mol. The van der Waals surface area contributed by atoms with E-state index in [0.717, 1.165) is 12.1 Å². The lowest BCUT2D eigenvalue weighted by Gasteiger charge is -2.12. The van der Waals surface area contributed by atoms with Crippen molar-refractivity contribution in [2.75, 3.05) is 0 Å². The number of aliphatic imine (C=N–C) groups is 1. The van der Waals surface area contributed by atoms with Gasteiger partial charge in [0, 0.05) is 5.56 Å². The lowest BCUT2D eigenvalue weighted by molar-refractivity contribution is 0.910. The zero-order chi connectivity index (χ0) is 12.4. The normalized spacial score (nSPS) is 15.5. The smallest absolute Gasteiger partial charge is 0.0700 e. The third kappa shape index (κ3) is 2.19. The minimum Gasteiger partial charge on any atom is -0.264 e. The maximum atomic E-state index is 4.22. The van der Waals surface area contributed by atoms with Gasteiger partial charge in [0.25, 0.3) is 0 Å². The summed E-state index contributed by atoms with van der Waals surface area (Å²) in [6.07, 6.45) is 4.78. The molecule has 17 heavy (non-hydrogen) atoms. The van der Waals surface area contributed by atoms with Gasteiger partial charge in [0.05, 0.1) is 5.69 Å². The maximum Gasteiger partial charge on any atom is 0.0700 e. The molecule has 0 spiro atoms. The average molecular weight is 227 g/mol. The number of allylic oxidation sites excluding steroid dienone is 2. The zero-order valence-electron chi connectivity index (χ0n) is 11.1. The van der Waals surface area contributed by atoms with Gasteiger partial charge in [-0.25, -0.2) is 0 Å². The van der Waals surface area contributed by atoms with Gasteiger partial charge in [-0.2, -0.15) is 0 Å². The molecule has 0 amide bonds. The number of aryl methyl sites for hydroxylation is 2. The molecule has 1 nitrogen and oxygen atoms in total. The second-order valence-electron chi connectivity index (χ2n) is 4.92. The van der Waals surface area contributed by atoms with Crippen molar-refractivity contribution in [2.45, 2.75) is 46.5 Å². The van der Waals surface area contributed by atoms with Gasteiger partial charge in [0.2, 0.25) is 0 Å².